The van der Waals surface area contributed by atoms with Gasteiger partial charge in [0.05, 0.1) is 23.2 Å². The highest BCUT2D eigenvalue weighted by molar-refractivity contribution is 6.18. The summed E-state index contributed by atoms with van der Waals surface area (Å²) in [4.78, 5) is 0. The largest absolute Gasteiger partial charge is 0.435 e. The van der Waals surface area contributed by atoms with Crippen LogP contribution in [0.2, 0.25) is 0 Å². The van der Waals surface area contributed by atoms with Crippen LogP contribution in [0, 0.1) is 0 Å². The Labute approximate surface area is 116 Å². The predicted octanol–water partition coefficient (Wildman–Crippen LogP) is 3.32. The Kier molecular flexibility index (Phi) is 5.82. The van der Waals surface area contributed by atoms with Crippen LogP contribution < -0.4 is 10.1 Å². The number of alkyl halides is 6. The van der Waals surface area contributed by atoms with Gasteiger partial charge in [-0.25, -0.2) is 0 Å². The fourth-order valence-corrected chi connectivity index (χ4v) is 1.48. The number of aliphatic hydroxyl groups is 1. The van der Waals surface area contributed by atoms with Crippen LogP contribution in [0.1, 0.15) is 5.56 Å². The SMILES string of the molecule is OC(CCl)CNc1cc(OC(F)F)ccc1C(F)(F)F. The molecule has 9 heteroatoms. The van der Waals surface area contributed by atoms with Crippen molar-refractivity contribution in [1.29, 1.82) is 0 Å². The molecule has 1 rings (SSSR count). The van der Waals surface area contributed by atoms with Crippen molar-refractivity contribution < 1.29 is 31.8 Å². The summed E-state index contributed by atoms with van der Waals surface area (Å²) in [6.45, 7) is -3.40. The van der Waals surface area contributed by atoms with Crippen LogP contribution in [0.3, 0.4) is 0 Å². The summed E-state index contributed by atoms with van der Waals surface area (Å²) in [7, 11) is 0. The fourth-order valence-electron chi connectivity index (χ4n) is 1.38. The number of hydrogen-bond acceptors (Lipinski definition) is 3. The third-order valence-corrected chi connectivity index (χ3v) is 2.58. The van der Waals surface area contributed by atoms with Crippen molar-refractivity contribution in [3.63, 3.8) is 0 Å². The minimum atomic E-state index is -4.67. The van der Waals surface area contributed by atoms with Crippen molar-refractivity contribution >= 4 is 17.3 Å². The van der Waals surface area contributed by atoms with Gasteiger partial charge in [0.15, 0.2) is 0 Å². The first-order chi connectivity index (χ1) is 9.24. The van der Waals surface area contributed by atoms with Gasteiger partial charge in [0.1, 0.15) is 5.75 Å². The Morgan fingerprint density at radius 3 is 2.45 bits per heavy atom. The number of halogens is 6. The third kappa shape index (κ3) is 5.01. The molecule has 0 saturated carbocycles. The molecule has 114 valence electrons. The maximum atomic E-state index is 12.7. The van der Waals surface area contributed by atoms with Crippen molar-refractivity contribution in [2.24, 2.45) is 0 Å². The van der Waals surface area contributed by atoms with Gasteiger partial charge in [-0.05, 0) is 12.1 Å². The lowest BCUT2D eigenvalue weighted by atomic mass is 10.1. The molecule has 0 heterocycles. The van der Waals surface area contributed by atoms with Crippen LogP contribution in [-0.2, 0) is 6.18 Å². The molecule has 1 unspecified atom stereocenters. The predicted molar refractivity (Wildman–Crippen MR) is 63.3 cm³/mol. The van der Waals surface area contributed by atoms with Gasteiger partial charge in [0.25, 0.3) is 0 Å². The molecule has 0 amide bonds. The van der Waals surface area contributed by atoms with Crippen LogP contribution in [0.25, 0.3) is 0 Å². The van der Waals surface area contributed by atoms with Crippen LogP contribution in [-0.4, -0.2) is 30.2 Å². The second-order valence-electron chi connectivity index (χ2n) is 3.77. The maximum Gasteiger partial charge on any atom is 0.418 e. The van der Waals surface area contributed by atoms with Gasteiger partial charge in [0, 0.05) is 12.6 Å². The van der Waals surface area contributed by atoms with Gasteiger partial charge >= 0.3 is 12.8 Å². The minimum absolute atomic E-state index is 0.179. The number of aliphatic hydroxyl groups excluding tert-OH is 1. The molecule has 3 nitrogen and oxygen atoms in total. The van der Waals surface area contributed by atoms with E-state index in [9.17, 15) is 27.1 Å². The number of nitrogens with one attached hydrogen (secondary N) is 1. The van der Waals surface area contributed by atoms with E-state index in [1.54, 1.807) is 0 Å². The van der Waals surface area contributed by atoms with Crippen molar-refractivity contribution in [1.82, 2.24) is 0 Å². The van der Waals surface area contributed by atoms with Crippen LogP contribution >= 0.6 is 11.6 Å². The van der Waals surface area contributed by atoms with E-state index < -0.39 is 35.9 Å². The molecule has 1 atom stereocenters. The molecule has 1 aromatic rings. The Morgan fingerprint density at radius 1 is 1.30 bits per heavy atom. The molecule has 0 saturated heterocycles. The smallest absolute Gasteiger partial charge is 0.418 e. The number of benzene rings is 1. The molecular weight excluding hydrogens is 309 g/mol. The highest BCUT2D eigenvalue weighted by atomic mass is 35.5. The first-order valence-corrected chi connectivity index (χ1v) is 5.91. The van der Waals surface area contributed by atoms with E-state index in [1.807, 2.05) is 0 Å². The summed E-state index contributed by atoms with van der Waals surface area (Å²) in [5.74, 6) is -0.599. The maximum absolute atomic E-state index is 12.7. The number of hydrogen-bond donors (Lipinski definition) is 2. The Hall–Kier alpha value is -1.28. The zero-order chi connectivity index (χ0) is 15.3. The molecule has 20 heavy (non-hydrogen) atoms. The van der Waals surface area contributed by atoms with Gasteiger partial charge in [-0.3, -0.25) is 0 Å². The highest BCUT2D eigenvalue weighted by Gasteiger charge is 2.33. The van der Waals surface area contributed by atoms with Gasteiger partial charge < -0.3 is 15.2 Å². The topological polar surface area (TPSA) is 41.5 Å². The Bertz CT molecular complexity index is 441. The first-order valence-electron chi connectivity index (χ1n) is 5.38. The van der Waals surface area contributed by atoms with E-state index in [0.29, 0.717) is 6.07 Å². The van der Waals surface area contributed by atoms with E-state index in [4.69, 9.17) is 11.6 Å². The lowest BCUT2D eigenvalue weighted by Gasteiger charge is -2.17. The average molecular weight is 320 g/mol. The molecule has 2 N–H and O–H groups in total. The van der Waals surface area contributed by atoms with Gasteiger partial charge in [0.2, 0.25) is 0 Å². The first kappa shape index (κ1) is 16.8. The van der Waals surface area contributed by atoms with Crippen molar-refractivity contribution in [3.8, 4) is 5.75 Å². The van der Waals surface area contributed by atoms with Crippen LogP contribution in [0.15, 0.2) is 18.2 Å². The summed E-state index contributed by atoms with van der Waals surface area (Å²) < 4.78 is 66.3. The molecule has 0 aliphatic carbocycles. The normalized spacial score (nSPS) is 13.4. The molecular formula is C11H11ClF5NO2. The third-order valence-electron chi connectivity index (χ3n) is 2.23. The van der Waals surface area contributed by atoms with E-state index >= 15 is 0 Å². The number of ether oxygens (including phenoxy) is 1. The molecule has 0 spiro atoms. The fraction of sp³-hybridized carbons (Fsp3) is 0.455. The second kappa shape index (κ2) is 6.94. The summed E-state index contributed by atoms with van der Waals surface area (Å²) in [6.07, 6.45) is -5.74. The van der Waals surface area contributed by atoms with Crippen LogP contribution in [0.5, 0.6) is 5.75 Å². The van der Waals surface area contributed by atoms with E-state index in [2.05, 4.69) is 10.1 Å². The monoisotopic (exact) mass is 319 g/mol. The molecule has 0 radical (unpaired) electrons. The van der Waals surface area contributed by atoms with E-state index in [0.717, 1.165) is 12.1 Å². The second-order valence-corrected chi connectivity index (χ2v) is 4.08. The Balaban J connectivity index is 3.00. The minimum Gasteiger partial charge on any atom is -0.435 e. The molecule has 0 aromatic heterocycles. The molecule has 0 fully saturated rings. The molecule has 0 aliphatic rings. The van der Waals surface area contributed by atoms with Crippen LogP contribution in [0.4, 0.5) is 27.6 Å². The quantitative estimate of drug-likeness (QED) is 0.624. The van der Waals surface area contributed by atoms with Crippen molar-refractivity contribution in [2.75, 3.05) is 17.7 Å². The summed E-state index contributed by atoms with van der Waals surface area (Å²) in [5.41, 5.74) is -1.53. The zero-order valence-corrected chi connectivity index (χ0v) is 10.7. The van der Waals surface area contributed by atoms with Crippen molar-refractivity contribution in [2.45, 2.75) is 18.9 Å². The van der Waals surface area contributed by atoms with Crippen molar-refractivity contribution in [3.05, 3.63) is 23.8 Å². The van der Waals surface area contributed by atoms with Gasteiger partial charge in [-0.15, -0.1) is 11.6 Å². The molecule has 0 aliphatic heterocycles. The summed E-state index contributed by atoms with van der Waals surface area (Å²) >= 11 is 5.31. The van der Waals surface area contributed by atoms with E-state index in [1.165, 1.54) is 0 Å². The zero-order valence-electron chi connectivity index (χ0n) is 9.92. The molecule has 1 aromatic carbocycles. The summed E-state index contributed by atoms with van der Waals surface area (Å²) in [6, 6.07) is 2.20. The summed E-state index contributed by atoms with van der Waals surface area (Å²) in [5, 5.41) is 11.5. The van der Waals surface area contributed by atoms with E-state index in [-0.39, 0.29) is 12.4 Å². The lowest BCUT2D eigenvalue weighted by Crippen LogP contribution is -2.22. The molecule has 0 bridgehead atoms. The Morgan fingerprint density at radius 2 is 1.95 bits per heavy atom. The van der Waals surface area contributed by atoms with Gasteiger partial charge in [-0.2, -0.15) is 22.0 Å². The highest BCUT2D eigenvalue weighted by Crippen LogP contribution is 2.37. The number of rotatable bonds is 6. The van der Waals surface area contributed by atoms with Gasteiger partial charge in [-0.1, -0.05) is 0 Å². The lowest BCUT2D eigenvalue weighted by molar-refractivity contribution is -0.137. The average Bonchev–Trinajstić information content (AvgIpc) is 2.33. The standard InChI is InChI=1S/C11H11ClF5NO2/c12-4-6(19)5-18-9-3-7(20-10(13)14)1-2-8(9)11(15,16)17/h1-3,6,10,18-19H,4-5H2. The number of anilines is 1.